The van der Waals surface area contributed by atoms with E-state index in [2.05, 4.69) is 10.1 Å². The van der Waals surface area contributed by atoms with Crippen molar-refractivity contribution in [1.82, 2.24) is 4.90 Å². The fraction of sp³-hybridized carbons (Fsp3) is 0.455. The van der Waals surface area contributed by atoms with E-state index in [4.69, 9.17) is 0 Å². The maximum atomic E-state index is 11.9. The Kier molecular flexibility index (Phi) is 4.62. The van der Waals surface area contributed by atoms with Crippen LogP contribution in [0.2, 0.25) is 0 Å². The van der Waals surface area contributed by atoms with Crippen LogP contribution in [0.5, 0.6) is 5.75 Å². The molecule has 0 bridgehead atoms. The molecule has 0 unspecified atom stereocenters. The first kappa shape index (κ1) is 13.6. The molecule has 1 N–H and O–H groups in total. The summed E-state index contributed by atoms with van der Waals surface area (Å²) in [5, 5.41) is 3.09. The molecule has 96 valence electrons. The van der Waals surface area contributed by atoms with Crippen LogP contribution in [-0.2, 0) is 0 Å². The average molecular weight is 248 g/mol. The molecule has 0 saturated carbocycles. The number of anilines is 1. The second-order valence-corrected chi connectivity index (χ2v) is 3.80. The van der Waals surface area contributed by atoms with Gasteiger partial charge in [0.25, 0.3) is 0 Å². The summed E-state index contributed by atoms with van der Waals surface area (Å²) in [4.78, 5) is 2.01. The van der Waals surface area contributed by atoms with E-state index in [9.17, 15) is 13.2 Å². The van der Waals surface area contributed by atoms with Gasteiger partial charge < -0.3 is 15.0 Å². The lowest BCUT2D eigenvalue weighted by molar-refractivity contribution is -0.274. The van der Waals surface area contributed by atoms with Crippen LogP contribution in [-0.4, -0.2) is 38.4 Å². The maximum absolute atomic E-state index is 11.9. The minimum Gasteiger partial charge on any atom is -0.406 e. The number of hydrogen-bond acceptors (Lipinski definition) is 3. The lowest BCUT2D eigenvalue weighted by atomic mass is 10.3. The number of rotatable bonds is 5. The van der Waals surface area contributed by atoms with E-state index in [1.165, 1.54) is 12.1 Å². The monoisotopic (exact) mass is 248 g/mol. The van der Waals surface area contributed by atoms with Crippen LogP contribution in [0.4, 0.5) is 18.9 Å². The first-order valence-corrected chi connectivity index (χ1v) is 5.11. The van der Waals surface area contributed by atoms with Crippen LogP contribution in [0, 0.1) is 0 Å². The molecule has 0 aliphatic carbocycles. The van der Waals surface area contributed by atoms with Crippen molar-refractivity contribution in [3.63, 3.8) is 0 Å². The molecule has 0 aliphatic rings. The molecule has 1 aromatic rings. The molecule has 0 aliphatic heterocycles. The second-order valence-electron chi connectivity index (χ2n) is 3.80. The van der Waals surface area contributed by atoms with E-state index >= 15 is 0 Å². The molecule has 0 atom stereocenters. The highest BCUT2D eigenvalue weighted by Crippen LogP contribution is 2.23. The van der Waals surface area contributed by atoms with Crippen LogP contribution >= 0.6 is 0 Å². The van der Waals surface area contributed by atoms with Gasteiger partial charge in [0, 0.05) is 18.8 Å². The number of likely N-dealkylation sites (N-methyl/N-ethyl adjacent to an activating group) is 1. The molecule has 0 radical (unpaired) electrons. The summed E-state index contributed by atoms with van der Waals surface area (Å²) in [6.07, 6.45) is -4.64. The molecule has 3 nitrogen and oxygen atoms in total. The highest BCUT2D eigenvalue weighted by molar-refractivity contribution is 5.46. The summed E-state index contributed by atoms with van der Waals surface area (Å²) in [7, 11) is 3.89. The Morgan fingerprint density at radius 3 is 2.24 bits per heavy atom. The minimum atomic E-state index is -4.64. The number of nitrogens with zero attached hydrogens (tertiary/aromatic N) is 1. The van der Waals surface area contributed by atoms with E-state index in [0.717, 1.165) is 18.8 Å². The standard InChI is InChI=1S/C11H15F3N2O/c1-16(2)8-7-15-9-3-5-10(6-4-9)17-11(12,13)14/h3-6,15H,7-8H2,1-2H3. The third-order valence-electron chi connectivity index (χ3n) is 1.98. The summed E-state index contributed by atoms with van der Waals surface area (Å²) in [6, 6.07) is 5.67. The Bertz CT molecular complexity index is 336. The Balaban J connectivity index is 2.45. The van der Waals surface area contributed by atoms with Crippen LogP contribution in [0.15, 0.2) is 24.3 Å². The average Bonchev–Trinajstić information content (AvgIpc) is 2.18. The van der Waals surface area contributed by atoms with Crippen molar-refractivity contribution < 1.29 is 17.9 Å². The van der Waals surface area contributed by atoms with Crippen molar-refractivity contribution in [3.05, 3.63) is 24.3 Å². The Labute approximate surface area is 98.2 Å². The van der Waals surface area contributed by atoms with Gasteiger partial charge in [0.15, 0.2) is 0 Å². The van der Waals surface area contributed by atoms with E-state index < -0.39 is 6.36 Å². The first-order valence-electron chi connectivity index (χ1n) is 5.11. The smallest absolute Gasteiger partial charge is 0.406 e. The van der Waals surface area contributed by atoms with Gasteiger partial charge in [-0.25, -0.2) is 0 Å². The SMILES string of the molecule is CN(C)CCNc1ccc(OC(F)(F)F)cc1. The van der Waals surface area contributed by atoms with Crippen LogP contribution in [0.3, 0.4) is 0 Å². The molecule has 1 aromatic carbocycles. The van der Waals surface area contributed by atoms with Crippen LogP contribution < -0.4 is 10.1 Å². The third-order valence-corrected chi connectivity index (χ3v) is 1.98. The van der Waals surface area contributed by atoms with Crippen molar-refractivity contribution >= 4 is 5.69 Å². The topological polar surface area (TPSA) is 24.5 Å². The zero-order valence-electron chi connectivity index (χ0n) is 9.71. The fourth-order valence-electron chi connectivity index (χ4n) is 1.20. The van der Waals surface area contributed by atoms with Crippen molar-refractivity contribution in [3.8, 4) is 5.75 Å². The largest absolute Gasteiger partial charge is 0.573 e. The van der Waals surface area contributed by atoms with E-state index in [1.807, 2.05) is 19.0 Å². The van der Waals surface area contributed by atoms with E-state index in [-0.39, 0.29) is 5.75 Å². The molecule has 17 heavy (non-hydrogen) atoms. The highest BCUT2D eigenvalue weighted by Gasteiger charge is 2.30. The lowest BCUT2D eigenvalue weighted by Crippen LogP contribution is -2.20. The number of nitrogens with one attached hydrogen (secondary N) is 1. The van der Waals surface area contributed by atoms with Gasteiger partial charge in [0.05, 0.1) is 0 Å². The summed E-state index contributed by atoms with van der Waals surface area (Å²) in [5.74, 6) is -0.212. The molecular formula is C11H15F3N2O. The van der Waals surface area contributed by atoms with Gasteiger partial charge >= 0.3 is 6.36 Å². The number of benzene rings is 1. The molecule has 0 spiro atoms. The van der Waals surface area contributed by atoms with Crippen LogP contribution in [0.25, 0.3) is 0 Å². The van der Waals surface area contributed by atoms with Gasteiger partial charge in [-0.2, -0.15) is 0 Å². The van der Waals surface area contributed by atoms with Gasteiger partial charge in [-0.15, -0.1) is 13.2 Å². The zero-order chi connectivity index (χ0) is 12.9. The second kappa shape index (κ2) is 5.77. The number of halogens is 3. The van der Waals surface area contributed by atoms with Gasteiger partial charge in [0.1, 0.15) is 5.75 Å². The van der Waals surface area contributed by atoms with Crippen molar-refractivity contribution in [1.29, 1.82) is 0 Å². The van der Waals surface area contributed by atoms with Crippen molar-refractivity contribution in [2.45, 2.75) is 6.36 Å². The number of alkyl halides is 3. The quantitative estimate of drug-likeness (QED) is 0.866. The highest BCUT2D eigenvalue weighted by atomic mass is 19.4. The van der Waals surface area contributed by atoms with E-state index in [1.54, 1.807) is 12.1 Å². The predicted molar refractivity (Wildman–Crippen MR) is 60.2 cm³/mol. The van der Waals surface area contributed by atoms with Gasteiger partial charge in [-0.05, 0) is 38.4 Å². The molecule has 1 rings (SSSR count). The Hall–Kier alpha value is -1.43. The summed E-state index contributed by atoms with van der Waals surface area (Å²) in [6.45, 7) is 1.58. The van der Waals surface area contributed by atoms with E-state index in [0.29, 0.717) is 0 Å². The summed E-state index contributed by atoms with van der Waals surface area (Å²) < 4.78 is 39.4. The molecule has 0 aromatic heterocycles. The van der Waals surface area contributed by atoms with Crippen LogP contribution in [0.1, 0.15) is 0 Å². The molecule has 6 heteroatoms. The maximum Gasteiger partial charge on any atom is 0.573 e. The normalized spacial score (nSPS) is 11.6. The van der Waals surface area contributed by atoms with Crippen molar-refractivity contribution in [2.24, 2.45) is 0 Å². The molecule has 0 heterocycles. The summed E-state index contributed by atoms with van der Waals surface area (Å²) >= 11 is 0. The summed E-state index contributed by atoms with van der Waals surface area (Å²) in [5.41, 5.74) is 0.765. The first-order chi connectivity index (χ1) is 7.87. The minimum absolute atomic E-state index is 0.212. The van der Waals surface area contributed by atoms with Crippen molar-refractivity contribution in [2.75, 3.05) is 32.5 Å². The lowest BCUT2D eigenvalue weighted by Gasteiger charge is -2.12. The Morgan fingerprint density at radius 2 is 1.76 bits per heavy atom. The molecular weight excluding hydrogens is 233 g/mol. The molecule has 0 saturated heterocycles. The fourth-order valence-corrected chi connectivity index (χ4v) is 1.20. The molecule has 0 amide bonds. The van der Waals surface area contributed by atoms with Gasteiger partial charge in [0.2, 0.25) is 0 Å². The third kappa shape index (κ3) is 6.01. The predicted octanol–water partition coefficient (Wildman–Crippen LogP) is 2.56. The number of hydrogen-bond donors (Lipinski definition) is 1. The zero-order valence-corrected chi connectivity index (χ0v) is 9.71. The molecule has 0 fully saturated rings. The Morgan fingerprint density at radius 1 is 1.18 bits per heavy atom. The van der Waals surface area contributed by atoms with Gasteiger partial charge in [-0.3, -0.25) is 0 Å². The number of ether oxygens (including phenoxy) is 1. The van der Waals surface area contributed by atoms with Gasteiger partial charge in [-0.1, -0.05) is 0 Å².